The first-order chi connectivity index (χ1) is 13.5. The van der Waals surface area contributed by atoms with E-state index in [0.717, 1.165) is 48.4 Å². The summed E-state index contributed by atoms with van der Waals surface area (Å²) in [5.41, 5.74) is 2.05. The lowest BCUT2D eigenvalue weighted by molar-refractivity contribution is 0.337. The minimum absolute atomic E-state index is 0.139. The number of nitrogens with zero attached hydrogens (tertiary/aromatic N) is 1. The summed E-state index contributed by atoms with van der Waals surface area (Å²) in [4.78, 5) is 4.56. The number of nitrogens with one attached hydrogen (secondary N) is 2. The number of pyridine rings is 1. The van der Waals surface area contributed by atoms with Crippen LogP contribution in [0.1, 0.15) is 32.6 Å². The van der Waals surface area contributed by atoms with Gasteiger partial charge in [-0.1, -0.05) is 18.2 Å². The van der Waals surface area contributed by atoms with Crippen molar-refractivity contribution in [2.75, 3.05) is 24.7 Å². The summed E-state index contributed by atoms with van der Waals surface area (Å²) in [5.74, 6) is 2.26. The molecule has 0 amide bonds. The SMILES string of the molecule is CCS(=O)(=O)NC[C@H]1CC[C@H](Nc2ccc(-c3ccccc3OC)cn2)CC1. The van der Waals surface area contributed by atoms with E-state index in [0.29, 0.717) is 18.5 Å². The van der Waals surface area contributed by atoms with E-state index in [-0.39, 0.29) is 5.75 Å². The second-order valence-electron chi connectivity index (χ2n) is 7.25. The average Bonchev–Trinajstić information content (AvgIpc) is 2.74. The Balaban J connectivity index is 1.52. The van der Waals surface area contributed by atoms with Crippen molar-refractivity contribution in [3.63, 3.8) is 0 Å². The highest BCUT2D eigenvalue weighted by molar-refractivity contribution is 7.89. The number of hydrogen-bond donors (Lipinski definition) is 2. The number of para-hydroxylation sites is 1. The zero-order valence-corrected chi connectivity index (χ0v) is 17.3. The van der Waals surface area contributed by atoms with Crippen LogP contribution in [0.15, 0.2) is 42.6 Å². The van der Waals surface area contributed by atoms with Gasteiger partial charge in [0.25, 0.3) is 0 Å². The molecule has 1 aliphatic rings. The van der Waals surface area contributed by atoms with E-state index in [1.165, 1.54) is 0 Å². The van der Waals surface area contributed by atoms with Gasteiger partial charge in [-0.3, -0.25) is 0 Å². The highest BCUT2D eigenvalue weighted by atomic mass is 32.2. The van der Waals surface area contributed by atoms with Crippen LogP contribution in [0.3, 0.4) is 0 Å². The van der Waals surface area contributed by atoms with Crippen molar-refractivity contribution in [2.45, 2.75) is 38.6 Å². The van der Waals surface area contributed by atoms with E-state index in [9.17, 15) is 8.42 Å². The molecule has 1 fully saturated rings. The molecule has 1 saturated carbocycles. The summed E-state index contributed by atoms with van der Waals surface area (Å²) in [6, 6.07) is 12.3. The van der Waals surface area contributed by atoms with Crippen LogP contribution in [0.2, 0.25) is 0 Å². The van der Waals surface area contributed by atoms with Crippen molar-refractivity contribution in [1.82, 2.24) is 9.71 Å². The van der Waals surface area contributed by atoms with Gasteiger partial charge in [-0.25, -0.2) is 18.1 Å². The summed E-state index contributed by atoms with van der Waals surface area (Å²) in [5, 5.41) is 3.51. The third-order valence-electron chi connectivity index (χ3n) is 5.35. The molecule has 2 aromatic rings. The lowest BCUT2D eigenvalue weighted by Gasteiger charge is -2.29. The van der Waals surface area contributed by atoms with E-state index < -0.39 is 10.0 Å². The molecule has 152 valence electrons. The van der Waals surface area contributed by atoms with E-state index in [4.69, 9.17) is 4.74 Å². The predicted octanol–water partition coefficient (Wildman–Crippen LogP) is 3.67. The Hall–Kier alpha value is -2.12. The van der Waals surface area contributed by atoms with Crippen molar-refractivity contribution in [3.05, 3.63) is 42.6 Å². The van der Waals surface area contributed by atoms with E-state index in [2.05, 4.69) is 21.1 Å². The van der Waals surface area contributed by atoms with Crippen LogP contribution < -0.4 is 14.8 Å². The number of anilines is 1. The molecule has 0 bridgehead atoms. The second-order valence-corrected chi connectivity index (χ2v) is 9.34. The quantitative estimate of drug-likeness (QED) is 0.703. The third kappa shape index (κ3) is 5.45. The Morgan fingerprint density at radius 3 is 2.50 bits per heavy atom. The molecule has 0 saturated heterocycles. The highest BCUT2D eigenvalue weighted by Gasteiger charge is 2.22. The first-order valence-corrected chi connectivity index (χ1v) is 11.5. The van der Waals surface area contributed by atoms with Crippen LogP contribution in [-0.4, -0.2) is 38.9 Å². The maximum Gasteiger partial charge on any atom is 0.211 e. The maximum absolute atomic E-state index is 11.6. The Morgan fingerprint density at radius 1 is 1.11 bits per heavy atom. The monoisotopic (exact) mass is 403 g/mol. The second kappa shape index (κ2) is 9.39. The van der Waals surface area contributed by atoms with Gasteiger partial charge in [0.1, 0.15) is 11.6 Å². The first kappa shape index (κ1) is 20.6. The molecule has 0 atom stereocenters. The van der Waals surface area contributed by atoms with Crippen molar-refractivity contribution < 1.29 is 13.2 Å². The molecule has 0 spiro atoms. The third-order valence-corrected chi connectivity index (χ3v) is 6.72. The maximum atomic E-state index is 11.6. The minimum atomic E-state index is -3.10. The molecular formula is C21H29N3O3S. The Bertz CT molecular complexity index is 861. The predicted molar refractivity (Wildman–Crippen MR) is 113 cm³/mol. The molecule has 1 aromatic heterocycles. The van der Waals surface area contributed by atoms with Crippen molar-refractivity contribution in [1.29, 1.82) is 0 Å². The Labute approximate surface area is 167 Å². The fraction of sp³-hybridized carbons (Fsp3) is 0.476. The van der Waals surface area contributed by atoms with Crippen molar-refractivity contribution in [3.8, 4) is 16.9 Å². The molecule has 0 unspecified atom stereocenters. The molecule has 28 heavy (non-hydrogen) atoms. The summed E-state index contributed by atoms with van der Waals surface area (Å²) in [7, 11) is -1.43. The van der Waals surface area contributed by atoms with Crippen LogP contribution in [0.5, 0.6) is 5.75 Å². The molecule has 3 rings (SSSR count). The first-order valence-electron chi connectivity index (χ1n) is 9.84. The summed E-state index contributed by atoms with van der Waals surface area (Å²) in [6.45, 7) is 2.21. The summed E-state index contributed by atoms with van der Waals surface area (Å²) in [6.07, 6.45) is 5.95. The van der Waals surface area contributed by atoms with Gasteiger partial charge in [0.05, 0.1) is 12.9 Å². The molecule has 2 N–H and O–H groups in total. The fourth-order valence-electron chi connectivity index (χ4n) is 3.59. The topological polar surface area (TPSA) is 80.3 Å². The van der Waals surface area contributed by atoms with Gasteiger partial charge >= 0.3 is 0 Å². The number of ether oxygens (including phenoxy) is 1. The number of sulfonamides is 1. The van der Waals surface area contributed by atoms with Crippen LogP contribution >= 0.6 is 0 Å². The highest BCUT2D eigenvalue weighted by Crippen LogP contribution is 2.30. The molecule has 0 aliphatic heterocycles. The fourth-order valence-corrected chi connectivity index (χ4v) is 4.28. The Morgan fingerprint density at radius 2 is 1.86 bits per heavy atom. The zero-order chi connectivity index (χ0) is 20.0. The number of rotatable bonds is 8. The number of methoxy groups -OCH3 is 1. The van der Waals surface area contributed by atoms with Gasteiger partial charge in [-0.05, 0) is 56.7 Å². The lowest BCUT2D eigenvalue weighted by atomic mass is 9.86. The lowest BCUT2D eigenvalue weighted by Crippen LogP contribution is -2.34. The van der Waals surface area contributed by atoms with Gasteiger partial charge in [-0.15, -0.1) is 0 Å². The van der Waals surface area contributed by atoms with Crippen LogP contribution in [0, 0.1) is 5.92 Å². The Kier molecular flexibility index (Phi) is 6.91. The van der Waals surface area contributed by atoms with Crippen LogP contribution in [-0.2, 0) is 10.0 Å². The van der Waals surface area contributed by atoms with E-state index in [1.54, 1.807) is 14.0 Å². The molecule has 1 aliphatic carbocycles. The smallest absolute Gasteiger partial charge is 0.211 e. The number of benzene rings is 1. The summed E-state index contributed by atoms with van der Waals surface area (Å²) < 4.78 is 31.3. The molecule has 6 nitrogen and oxygen atoms in total. The van der Waals surface area contributed by atoms with Gasteiger partial charge in [0, 0.05) is 29.9 Å². The standard InChI is InChI=1S/C21H29N3O3S/c1-3-28(25,26)23-14-16-8-11-18(12-9-16)24-21-13-10-17(15-22-21)19-6-4-5-7-20(19)27-2/h4-7,10,13,15-16,18,23H,3,8-9,11-12,14H2,1-2H3,(H,22,24)/t16-,18-. The van der Waals surface area contributed by atoms with Gasteiger partial charge in [0.15, 0.2) is 0 Å². The van der Waals surface area contributed by atoms with Crippen LogP contribution in [0.4, 0.5) is 5.82 Å². The van der Waals surface area contributed by atoms with Gasteiger partial charge in [0.2, 0.25) is 10.0 Å². The van der Waals surface area contributed by atoms with Crippen LogP contribution in [0.25, 0.3) is 11.1 Å². The molecule has 1 heterocycles. The van der Waals surface area contributed by atoms with Gasteiger partial charge in [-0.2, -0.15) is 0 Å². The number of aromatic nitrogens is 1. The molecule has 0 radical (unpaired) electrons. The zero-order valence-electron chi connectivity index (χ0n) is 16.5. The van der Waals surface area contributed by atoms with Crippen molar-refractivity contribution >= 4 is 15.8 Å². The molecular weight excluding hydrogens is 374 g/mol. The number of hydrogen-bond acceptors (Lipinski definition) is 5. The largest absolute Gasteiger partial charge is 0.496 e. The molecule has 7 heteroatoms. The van der Waals surface area contributed by atoms with E-state index in [1.807, 2.05) is 36.5 Å². The van der Waals surface area contributed by atoms with Crippen molar-refractivity contribution in [2.24, 2.45) is 5.92 Å². The summed E-state index contributed by atoms with van der Waals surface area (Å²) >= 11 is 0. The minimum Gasteiger partial charge on any atom is -0.496 e. The average molecular weight is 404 g/mol. The normalized spacial score (nSPS) is 19.9. The molecule has 1 aromatic carbocycles. The van der Waals surface area contributed by atoms with E-state index >= 15 is 0 Å². The van der Waals surface area contributed by atoms with Gasteiger partial charge < -0.3 is 10.1 Å².